The SMILES string of the molecule is [2H]C([2H])(C(=O)N1CC=C(c2ccc(-c3nc(C)n(C)n3)cc2)CC1)N1CC[C@@](OC)(C(=O)Nc2ccc3[nH]nc(-c4ccc(=O)[nH]c4)c3c2)C1. The highest BCUT2D eigenvalue weighted by Crippen LogP contribution is 2.31. The fourth-order valence-electron chi connectivity index (χ4n) is 6.18. The summed E-state index contributed by atoms with van der Waals surface area (Å²) in [6.07, 6.45) is 4.32. The molecule has 2 aliphatic heterocycles. The van der Waals surface area contributed by atoms with Crippen molar-refractivity contribution in [2.24, 2.45) is 7.05 Å². The van der Waals surface area contributed by atoms with Gasteiger partial charge in [0.15, 0.2) is 11.4 Å². The maximum atomic E-state index is 13.7. The number of aromatic nitrogens is 6. The van der Waals surface area contributed by atoms with Gasteiger partial charge in [0.2, 0.25) is 11.5 Å². The standard InChI is InChI=1S/C35H37N9O4/c1-22-37-33(41-42(22)2)25-6-4-23(5-7-25)24-12-15-44(16-13-24)31(46)20-43-17-14-35(21-43,48-3)34(47)38-27-9-10-29-28(18-27)32(40-39-29)26-8-11-30(45)36-19-26/h4-12,18-19H,13-17,20-21H2,1-3H3,(H,36,45)(H,38,47)(H,39,40)/t35-/m0/s1/i20D2. The van der Waals surface area contributed by atoms with Crippen LogP contribution >= 0.6 is 0 Å². The van der Waals surface area contributed by atoms with E-state index >= 15 is 0 Å². The number of nitrogens with one attached hydrogen (secondary N) is 3. The first-order valence-corrected chi connectivity index (χ1v) is 15.7. The number of H-pyrrole nitrogens is 2. The number of fused-ring (bicyclic) bond motifs is 1. The number of methoxy groups -OCH3 is 1. The summed E-state index contributed by atoms with van der Waals surface area (Å²) in [6.45, 7) is 0.259. The third-order valence-corrected chi connectivity index (χ3v) is 9.16. The number of aromatic amines is 2. The van der Waals surface area contributed by atoms with Crippen LogP contribution in [-0.4, -0.2) is 96.9 Å². The molecule has 0 unspecified atom stereocenters. The van der Waals surface area contributed by atoms with Gasteiger partial charge in [-0.15, -0.1) is 0 Å². The summed E-state index contributed by atoms with van der Waals surface area (Å²) in [4.78, 5) is 48.9. The van der Waals surface area contributed by atoms with E-state index in [1.54, 1.807) is 35.1 Å². The number of hydrogen-bond acceptors (Lipinski definition) is 8. The highest BCUT2D eigenvalue weighted by atomic mass is 16.5. The molecule has 0 saturated carbocycles. The van der Waals surface area contributed by atoms with Gasteiger partial charge < -0.3 is 19.9 Å². The number of benzene rings is 2. The average Bonchev–Trinajstić information content (AvgIpc) is 3.86. The normalized spacial score (nSPS) is 19.2. The van der Waals surface area contributed by atoms with E-state index in [-0.39, 0.29) is 31.6 Å². The van der Waals surface area contributed by atoms with Gasteiger partial charge in [0.25, 0.3) is 5.91 Å². The number of anilines is 1. The smallest absolute Gasteiger partial charge is 0.258 e. The van der Waals surface area contributed by atoms with Crippen molar-refractivity contribution in [2.45, 2.75) is 25.4 Å². The largest absolute Gasteiger partial charge is 0.367 e. The monoisotopic (exact) mass is 649 g/mol. The molecular formula is C35H37N9O4. The Morgan fingerprint density at radius 1 is 1.08 bits per heavy atom. The molecule has 3 aromatic heterocycles. The Balaban J connectivity index is 1.00. The second kappa shape index (κ2) is 12.7. The van der Waals surface area contributed by atoms with Crippen molar-refractivity contribution in [3.63, 3.8) is 0 Å². The molecule has 2 aliphatic rings. The molecular weight excluding hydrogens is 610 g/mol. The van der Waals surface area contributed by atoms with Crippen LogP contribution in [0.15, 0.2) is 71.7 Å². The number of carbonyl (C=O) groups excluding carboxylic acids is 2. The van der Waals surface area contributed by atoms with Gasteiger partial charge in [-0.2, -0.15) is 10.2 Å². The molecule has 2 aromatic carbocycles. The third-order valence-electron chi connectivity index (χ3n) is 9.16. The van der Waals surface area contributed by atoms with Gasteiger partial charge in [0, 0.05) is 74.8 Å². The molecule has 2 amide bonds. The number of pyridine rings is 1. The molecule has 5 heterocycles. The van der Waals surface area contributed by atoms with Gasteiger partial charge in [-0.25, -0.2) is 4.98 Å². The predicted octanol–water partition coefficient (Wildman–Crippen LogP) is 3.37. The second-order valence-corrected chi connectivity index (χ2v) is 12.1. The molecule has 1 fully saturated rings. The van der Waals surface area contributed by atoms with Crippen LogP contribution in [0.2, 0.25) is 0 Å². The van der Waals surface area contributed by atoms with Crippen molar-refractivity contribution in [3.05, 3.63) is 88.6 Å². The van der Waals surface area contributed by atoms with E-state index in [2.05, 4.69) is 30.6 Å². The molecule has 7 rings (SSSR count). The lowest BCUT2D eigenvalue weighted by molar-refractivity contribution is -0.138. The van der Waals surface area contributed by atoms with E-state index in [0.29, 0.717) is 35.7 Å². The van der Waals surface area contributed by atoms with Crippen molar-refractivity contribution in [1.29, 1.82) is 0 Å². The number of amides is 2. The maximum Gasteiger partial charge on any atom is 0.258 e. The van der Waals surface area contributed by atoms with Gasteiger partial charge in [-0.1, -0.05) is 30.3 Å². The Hall–Kier alpha value is -5.40. The highest BCUT2D eigenvalue weighted by molar-refractivity contribution is 6.01. The summed E-state index contributed by atoms with van der Waals surface area (Å²) >= 11 is 0. The van der Waals surface area contributed by atoms with Gasteiger partial charge in [-0.3, -0.25) is 29.1 Å². The fraction of sp³-hybridized carbons (Fsp3) is 0.314. The Morgan fingerprint density at radius 2 is 1.88 bits per heavy atom. The van der Waals surface area contributed by atoms with E-state index in [0.717, 1.165) is 33.4 Å². The van der Waals surface area contributed by atoms with Crippen molar-refractivity contribution in [3.8, 4) is 22.6 Å². The summed E-state index contributed by atoms with van der Waals surface area (Å²) in [5.74, 6) is 0.410. The zero-order valence-electron chi connectivity index (χ0n) is 28.9. The lowest BCUT2D eigenvalue weighted by Gasteiger charge is -2.30. The third kappa shape index (κ3) is 6.05. The average molecular weight is 650 g/mol. The van der Waals surface area contributed by atoms with Crippen LogP contribution < -0.4 is 10.9 Å². The van der Waals surface area contributed by atoms with Crippen LogP contribution in [0, 0.1) is 6.92 Å². The molecule has 13 nitrogen and oxygen atoms in total. The van der Waals surface area contributed by atoms with Gasteiger partial charge in [0.05, 0.1) is 14.8 Å². The molecule has 1 atom stereocenters. The Bertz CT molecular complexity index is 2150. The van der Waals surface area contributed by atoms with Crippen molar-refractivity contribution in [2.75, 3.05) is 45.1 Å². The number of rotatable bonds is 8. The zero-order valence-corrected chi connectivity index (χ0v) is 26.9. The Morgan fingerprint density at radius 3 is 2.56 bits per heavy atom. The zero-order chi connectivity index (χ0) is 35.2. The topological polar surface area (TPSA) is 154 Å². The first-order valence-electron chi connectivity index (χ1n) is 16.7. The van der Waals surface area contributed by atoms with Crippen LogP contribution in [0.4, 0.5) is 5.69 Å². The van der Waals surface area contributed by atoms with Crippen molar-refractivity contribution >= 4 is 34.0 Å². The minimum Gasteiger partial charge on any atom is -0.367 e. The number of nitrogens with zero attached hydrogens (tertiary/aromatic N) is 6. The maximum absolute atomic E-state index is 13.7. The number of hydrogen-bond donors (Lipinski definition) is 3. The summed E-state index contributed by atoms with van der Waals surface area (Å²) in [5.41, 5.74) is 4.00. The van der Waals surface area contributed by atoms with Gasteiger partial charge >= 0.3 is 0 Å². The lowest BCUT2D eigenvalue weighted by Crippen LogP contribution is -2.48. The minimum absolute atomic E-state index is 0.101. The van der Waals surface area contributed by atoms with Crippen molar-refractivity contribution < 1.29 is 17.1 Å². The molecule has 0 radical (unpaired) electrons. The van der Waals surface area contributed by atoms with E-state index in [1.165, 1.54) is 23.0 Å². The molecule has 5 aromatic rings. The fourth-order valence-corrected chi connectivity index (χ4v) is 6.18. The van der Waals surface area contributed by atoms with Crippen LogP contribution in [-0.2, 0) is 21.4 Å². The van der Waals surface area contributed by atoms with E-state index in [1.807, 2.05) is 44.3 Å². The van der Waals surface area contributed by atoms with Crippen molar-refractivity contribution in [1.82, 2.24) is 39.7 Å². The molecule has 0 aliphatic carbocycles. The highest BCUT2D eigenvalue weighted by Gasteiger charge is 2.45. The van der Waals surface area contributed by atoms with Crippen LogP contribution in [0.5, 0.6) is 0 Å². The van der Waals surface area contributed by atoms with Gasteiger partial charge in [0.1, 0.15) is 11.5 Å². The lowest BCUT2D eigenvalue weighted by atomic mass is 9.98. The molecule has 0 bridgehead atoms. The van der Waals surface area contributed by atoms with E-state index in [4.69, 9.17) is 7.48 Å². The number of carbonyl (C=O) groups is 2. The first-order chi connectivity index (χ1) is 24.0. The van der Waals surface area contributed by atoms with Gasteiger partial charge in [-0.05, 0) is 55.2 Å². The minimum atomic E-state index is -2.34. The summed E-state index contributed by atoms with van der Waals surface area (Å²) < 4.78 is 25.2. The van der Waals surface area contributed by atoms with E-state index < -0.39 is 23.9 Å². The molecule has 246 valence electrons. The molecule has 1 saturated heterocycles. The number of ether oxygens (including phenoxy) is 1. The summed E-state index contributed by atoms with van der Waals surface area (Å²) in [5, 5.41) is 15.4. The molecule has 0 spiro atoms. The molecule has 13 heteroatoms. The summed E-state index contributed by atoms with van der Waals surface area (Å²) in [6, 6.07) is 16.4. The van der Waals surface area contributed by atoms with Crippen LogP contribution in [0.1, 0.15) is 27.0 Å². The number of aryl methyl sites for hydroxylation is 2. The molecule has 48 heavy (non-hydrogen) atoms. The Labute approximate surface area is 279 Å². The predicted molar refractivity (Wildman–Crippen MR) is 182 cm³/mol. The van der Waals surface area contributed by atoms with Crippen LogP contribution in [0.25, 0.3) is 39.1 Å². The molecule has 3 N–H and O–H groups in total. The Kier molecular flexibility index (Phi) is 7.59. The van der Waals surface area contributed by atoms with E-state index in [9.17, 15) is 14.4 Å². The quantitative estimate of drug-likeness (QED) is 0.231. The number of likely N-dealkylation sites (tertiary alicyclic amines) is 1. The first kappa shape index (κ1) is 28.8. The van der Waals surface area contributed by atoms with Crippen LogP contribution in [0.3, 0.4) is 0 Å². The summed E-state index contributed by atoms with van der Waals surface area (Å²) in [7, 11) is 3.28. The second-order valence-electron chi connectivity index (χ2n) is 12.1.